The molecule has 4 heteroatoms. The Morgan fingerprint density at radius 3 is 2.21 bits per heavy atom. The van der Waals surface area contributed by atoms with E-state index in [4.69, 9.17) is 17.3 Å². The number of hydrogen-bond donors (Lipinski definition) is 1. The van der Waals surface area contributed by atoms with E-state index in [1.54, 1.807) is 35.6 Å². The molecule has 0 fully saturated rings. The quantitative estimate of drug-likeness (QED) is 0.436. The second-order valence-electron chi connectivity index (χ2n) is 8.80. The number of anilines is 1. The predicted octanol–water partition coefficient (Wildman–Crippen LogP) is 6.90. The largest absolute Gasteiger partial charge is 0.390 e. The first-order chi connectivity index (χ1) is 13.6. The number of aryl methyl sites for hydroxylation is 3. The van der Waals surface area contributed by atoms with Crippen LogP contribution in [0.25, 0.3) is 0 Å². The molecular weight excluding hydrogens is 398 g/mol. The molecule has 0 aliphatic rings. The first kappa shape index (κ1) is 21.6. The van der Waals surface area contributed by atoms with Crippen LogP contribution in [0.3, 0.4) is 0 Å². The zero-order chi connectivity index (χ0) is 21.2. The Kier molecular flexibility index (Phi) is 6.50. The lowest BCUT2D eigenvalue weighted by Crippen LogP contribution is -2.14. The molecule has 0 aliphatic heterocycles. The van der Waals surface area contributed by atoms with Gasteiger partial charge < -0.3 is 5.73 Å². The monoisotopic (exact) mass is 425 g/mol. The van der Waals surface area contributed by atoms with E-state index in [0.29, 0.717) is 21.2 Å². The average molecular weight is 426 g/mol. The second-order valence-corrected chi connectivity index (χ2v) is 10.4. The molecule has 0 spiro atoms. The molecule has 2 nitrogen and oxygen atoms in total. The highest BCUT2D eigenvalue weighted by atomic mass is 35.5. The number of carbonyl (C=O) groups is 1. The topological polar surface area (TPSA) is 43.1 Å². The van der Waals surface area contributed by atoms with Crippen LogP contribution in [-0.4, -0.2) is 5.78 Å². The molecule has 3 rings (SSSR count). The van der Waals surface area contributed by atoms with Gasteiger partial charge in [-0.15, -0.1) is 11.3 Å². The fourth-order valence-electron chi connectivity index (χ4n) is 3.46. The number of halogens is 1. The van der Waals surface area contributed by atoms with Gasteiger partial charge in [-0.2, -0.15) is 0 Å². The molecule has 0 atom stereocenters. The molecule has 0 bridgehead atoms. The summed E-state index contributed by atoms with van der Waals surface area (Å²) in [5, 5.41) is 1.23. The van der Waals surface area contributed by atoms with Gasteiger partial charge in [-0.1, -0.05) is 62.2 Å². The first-order valence-corrected chi connectivity index (χ1v) is 11.1. The molecular formula is C25H28ClNOS. The molecule has 2 N–H and O–H groups in total. The summed E-state index contributed by atoms with van der Waals surface area (Å²) in [6, 6.07) is 15.7. The van der Waals surface area contributed by atoms with Crippen molar-refractivity contribution in [1.29, 1.82) is 0 Å². The standard InChI is InChI=1S/C25H28ClNOS/c1-16-5-7-17(8-6-16)9-14-21-20(15-25(2,3)4)22(24(27)29-21)23(28)18-10-12-19(26)13-11-18/h5-8,10-13H,9,14-15,27H2,1-4H3. The molecule has 0 unspecified atom stereocenters. The minimum atomic E-state index is -0.0174. The van der Waals surface area contributed by atoms with Crippen molar-refractivity contribution < 1.29 is 4.79 Å². The lowest BCUT2D eigenvalue weighted by molar-refractivity contribution is 0.103. The normalized spacial score (nSPS) is 11.6. The average Bonchev–Trinajstić information content (AvgIpc) is 2.94. The van der Waals surface area contributed by atoms with Gasteiger partial charge in [0.25, 0.3) is 0 Å². The SMILES string of the molecule is Cc1ccc(CCc2sc(N)c(C(=O)c3ccc(Cl)cc3)c2CC(C)(C)C)cc1. The molecule has 0 aliphatic carbocycles. The summed E-state index contributed by atoms with van der Waals surface area (Å²) in [4.78, 5) is 14.5. The third-order valence-corrected chi connectivity index (χ3v) is 6.29. The van der Waals surface area contributed by atoms with E-state index < -0.39 is 0 Å². The highest BCUT2D eigenvalue weighted by Crippen LogP contribution is 2.37. The molecule has 3 aromatic rings. The summed E-state index contributed by atoms with van der Waals surface area (Å²) in [5.41, 5.74) is 11.4. The Morgan fingerprint density at radius 2 is 1.62 bits per heavy atom. The number of nitrogens with two attached hydrogens (primary N) is 1. The van der Waals surface area contributed by atoms with Gasteiger partial charge in [0.05, 0.1) is 10.6 Å². The minimum Gasteiger partial charge on any atom is -0.390 e. The van der Waals surface area contributed by atoms with Crippen LogP contribution >= 0.6 is 22.9 Å². The minimum absolute atomic E-state index is 0.0174. The molecule has 1 aromatic heterocycles. The van der Waals surface area contributed by atoms with Gasteiger partial charge in [-0.25, -0.2) is 0 Å². The van der Waals surface area contributed by atoms with Crippen LogP contribution in [-0.2, 0) is 19.3 Å². The molecule has 2 aromatic carbocycles. The summed E-state index contributed by atoms with van der Waals surface area (Å²) >= 11 is 7.55. The number of nitrogen functional groups attached to an aromatic ring is 1. The smallest absolute Gasteiger partial charge is 0.196 e. The molecule has 0 amide bonds. The van der Waals surface area contributed by atoms with E-state index in [-0.39, 0.29) is 11.2 Å². The van der Waals surface area contributed by atoms with Gasteiger partial charge in [0.2, 0.25) is 0 Å². The van der Waals surface area contributed by atoms with Crippen molar-refractivity contribution in [3.05, 3.63) is 86.2 Å². The Hall–Kier alpha value is -2.10. The van der Waals surface area contributed by atoms with Crippen LogP contribution in [0.15, 0.2) is 48.5 Å². The fraction of sp³-hybridized carbons (Fsp3) is 0.320. The van der Waals surface area contributed by atoms with Crippen LogP contribution in [0.5, 0.6) is 0 Å². The second kappa shape index (κ2) is 8.73. The van der Waals surface area contributed by atoms with Crippen molar-refractivity contribution in [2.45, 2.75) is 47.0 Å². The maximum atomic E-state index is 13.3. The zero-order valence-corrected chi connectivity index (χ0v) is 19.1. The van der Waals surface area contributed by atoms with Crippen LogP contribution in [0.2, 0.25) is 5.02 Å². The maximum Gasteiger partial charge on any atom is 0.196 e. The predicted molar refractivity (Wildman–Crippen MR) is 125 cm³/mol. The third kappa shape index (κ3) is 5.49. The van der Waals surface area contributed by atoms with Gasteiger partial charge in [-0.3, -0.25) is 4.79 Å². The highest BCUT2D eigenvalue weighted by molar-refractivity contribution is 7.16. The lowest BCUT2D eigenvalue weighted by Gasteiger charge is -2.20. The number of benzene rings is 2. The summed E-state index contributed by atoms with van der Waals surface area (Å²) < 4.78 is 0. The van der Waals surface area contributed by atoms with Crippen LogP contribution in [0, 0.1) is 12.3 Å². The maximum absolute atomic E-state index is 13.3. The number of hydrogen-bond acceptors (Lipinski definition) is 3. The van der Waals surface area contributed by atoms with Gasteiger partial charge in [0, 0.05) is 15.5 Å². The molecule has 1 heterocycles. The number of rotatable bonds is 6. The number of carbonyl (C=O) groups excluding carboxylic acids is 1. The lowest BCUT2D eigenvalue weighted by atomic mass is 9.84. The Balaban J connectivity index is 1.96. The van der Waals surface area contributed by atoms with E-state index >= 15 is 0 Å². The van der Waals surface area contributed by atoms with E-state index in [1.165, 1.54) is 16.0 Å². The van der Waals surface area contributed by atoms with Gasteiger partial charge in [0.15, 0.2) is 5.78 Å². The van der Waals surface area contributed by atoms with E-state index in [9.17, 15) is 4.79 Å². The highest BCUT2D eigenvalue weighted by Gasteiger charge is 2.26. The zero-order valence-electron chi connectivity index (χ0n) is 17.5. The summed E-state index contributed by atoms with van der Waals surface area (Å²) in [5.74, 6) is -0.0174. The van der Waals surface area contributed by atoms with E-state index in [1.807, 2.05) is 0 Å². The van der Waals surface area contributed by atoms with Crippen molar-refractivity contribution in [1.82, 2.24) is 0 Å². The molecule has 0 saturated heterocycles. The van der Waals surface area contributed by atoms with Gasteiger partial charge >= 0.3 is 0 Å². The van der Waals surface area contributed by atoms with Gasteiger partial charge in [0.1, 0.15) is 0 Å². The van der Waals surface area contributed by atoms with E-state index in [0.717, 1.165) is 24.8 Å². The van der Waals surface area contributed by atoms with Crippen LogP contribution < -0.4 is 5.73 Å². The fourth-order valence-corrected chi connectivity index (χ4v) is 4.67. The summed E-state index contributed by atoms with van der Waals surface area (Å²) in [6.07, 6.45) is 2.64. The molecule has 152 valence electrons. The van der Waals surface area contributed by atoms with Crippen molar-refractivity contribution >= 4 is 33.7 Å². The van der Waals surface area contributed by atoms with Crippen molar-refractivity contribution in [2.75, 3.05) is 5.73 Å². The Morgan fingerprint density at radius 1 is 1.00 bits per heavy atom. The first-order valence-electron chi connectivity index (χ1n) is 9.90. The Bertz CT molecular complexity index is 995. The van der Waals surface area contributed by atoms with Gasteiger partial charge in [-0.05, 0) is 67.0 Å². The van der Waals surface area contributed by atoms with Crippen molar-refractivity contribution in [2.24, 2.45) is 5.41 Å². The summed E-state index contributed by atoms with van der Waals surface area (Å²) in [7, 11) is 0. The molecule has 29 heavy (non-hydrogen) atoms. The molecule has 0 radical (unpaired) electrons. The van der Waals surface area contributed by atoms with Crippen LogP contribution in [0.4, 0.5) is 5.00 Å². The third-order valence-electron chi connectivity index (χ3n) is 4.92. The van der Waals surface area contributed by atoms with E-state index in [2.05, 4.69) is 52.0 Å². The van der Waals surface area contributed by atoms with Crippen LogP contribution in [0.1, 0.15) is 58.3 Å². The van der Waals surface area contributed by atoms with Crippen molar-refractivity contribution in [3.8, 4) is 0 Å². The number of ketones is 1. The molecule has 0 saturated carbocycles. The number of thiophene rings is 1. The Labute approximate surface area is 182 Å². The van der Waals surface area contributed by atoms with Crippen molar-refractivity contribution in [3.63, 3.8) is 0 Å². The summed E-state index contributed by atoms with van der Waals surface area (Å²) in [6.45, 7) is 8.68.